The Labute approximate surface area is 132 Å². The van der Waals surface area contributed by atoms with Crippen LogP contribution in [0.3, 0.4) is 0 Å². The smallest absolute Gasteiger partial charge is 0.236 e. The molecule has 0 aromatic rings. The monoisotopic (exact) mass is 296 g/mol. The zero-order valence-electron chi connectivity index (χ0n) is 14.6. The summed E-state index contributed by atoms with van der Waals surface area (Å²) in [6, 6.07) is 0.385. The lowest BCUT2D eigenvalue weighted by Crippen LogP contribution is -2.41. The van der Waals surface area contributed by atoms with Crippen molar-refractivity contribution in [3.8, 4) is 0 Å². The number of nitrogens with zero attached hydrogens (tertiary/aromatic N) is 2. The number of likely N-dealkylation sites (tertiary alicyclic amines) is 1. The van der Waals surface area contributed by atoms with Gasteiger partial charge < -0.3 is 4.90 Å². The summed E-state index contributed by atoms with van der Waals surface area (Å²) in [5.41, 5.74) is 0. The van der Waals surface area contributed by atoms with Gasteiger partial charge in [0.1, 0.15) is 0 Å². The number of hydrogen-bond donors (Lipinski definition) is 0. The normalized spacial score (nSPS) is 17.1. The molecule has 0 bridgehead atoms. The molecule has 0 aromatic heterocycles. The molecule has 1 aliphatic rings. The van der Waals surface area contributed by atoms with E-state index in [9.17, 15) is 4.79 Å². The number of carbonyl (C=O) groups excluding carboxylic acids is 1. The Bertz CT molecular complexity index is 274. The highest BCUT2D eigenvalue weighted by atomic mass is 16.2. The molecule has 1 aliphatic heterocycles. The number of carbonyl (C=O) groups is 1. The minimum Gasteiger partial charge on any atom is -0.342 e. The number of unbranched alkanes of at least 4 members (excludes halogenated alkanes) is 6. The van der Waals surface area contributed by atoms with Crippen molar-refractivity contribution in [2.45, 2.75) is 84.1 Å². The van der Waals surface area contributed by atoms with E-state index in [2.05, 4.69) is 18.7 Å². The van der Waals surface area contributed by atoms with Crippen LogP contribution in [0, 0.1) is 0 Å². The van der Waals surface area contributed by atoms with Crippen LogP contribution < -0.4 is 0 Å². The number of likely N-dealkylation sites (N-methyl/N-ethyl adjacent to an activating group) is 1. The molecule has 0 unspecified atom stereocenters. The van der Waals surface area contributed by atoms with Crippen molar-refractivity contribution in [3.05, 3.63) is 0 Å². The summed E-state index contributed by atoms with van der Waals surface area (Å²) >= 11 is 0. The van der Waals surface area contributed by atoms with Gasteiger partial charge in [-0.25, -0.2) is 0 Å². The molecule has 0 N–H and O–H groups in total. The Hall–Kier alpha value is -0.570. The number of rotatable bonds is 11. The van der Waals surface area contributed by atoms with Crippen molar-refractivity contribution < 1.29 is 4.79 Å². The quantitative estimate of drug-likeness (QED) is 0.537. The van der Waals surface area contributed by atoms with Gasteiger partial charge in [-0.2, -0.15) is 0 Å². The van der Waals surface area contributed by atoms with E-state index in [1.54, 1.807) is 0 Å². The second-order valence-electron chi connectivity index (χ2n) is 6.75. The Balaban J connectivity index is 2.06. The second-order valence-corrected chi connectivity index (χ2v) is 6.75. The molecular formula is C18H36N2O. The predicted octanol–water partition coefficient (Wildman–Crippen LogP) is 4.07. The molecule has 0 aliphatic carbocycles. The second kappa shape index (κ2) is 11.1. The third kappa shape index (κ3) is 7.85. The lowest BCUT2D eigenvalue weighted by atomic mass is 10.1. The van der Waals surface area contributed by atoms with Crippen LogP contribution >= 0.6 is 0 Å². The molecule has 1 rings (SSSR count). The summed E-state index contributed by atoms with van der Waals surface area (Å²) in [7, 11) is 1.98. The maximum Gasteiger partial charge on any atom is 0.236 e. The van der Waals surface area contributed by atoms with Gasteiger partial charge in [0.05, 0.1) is 6.54 Å². The fourth-order valence-electron chi connectivity index (χ4n) is 3.08. The first-order valence-electron chi connectivity index (χ1n) is 9.13. The fourth-order valence-corrected chi connectivity index (χ4v) is 3.08. The molecule has 3 heteroatoms. The van der Waals surface area contributed by atoms with Crippen molar-refractivity contribution in [3.63, 3.8) is 0 Å². The van der Waals surface area contributed by atoms with Crippen LogP contribution in [0.25, 0.3) is 0 Å². The Kier molecular flexibility index (Phi) is 9.73. The summed E-state index contributed by atoms with van der Waals surface area (Å²) in [6.07, 6.45) is 13.1. The van der Waals surface area contributed by atoms with Crippen LogP contribution in [0.2, 0.25) is 0 Å². The van der Waals surface area contributed by atoms with E-state index >= 15 is 0 Å². The van der Waals surface area contributed by atoms with E-state index in [0.717, 1.165) is 19.5 Å². The Morgan fingerprint density at radius 2 is 1.62 bits per heavy atom. The van der Waals surface area contributed by atoms with E-state index in [-0.39, 0.29) is 0 Å². The van der Waals surface area contributed by atoms with E-state index in [4.69, 9.17) is 0 Å². The van der Waals surface area contributed by atoms with Crippen LogP contribution in [0.5, 0.6) is 0 Å². The molecule has 0 saturated carbocycles. The van der Waals surface area contributed by atoms with E-state index in [1.165, 1.54) is 57.8 Å². The molecule has 0 radical (unpaired) electrons. The average Bonchev–Trinajstić information content (AvgIpc) is 2.98. The van der Waals surface area contributed by atoms with Gasteiger partial charge >= 0.3 is 0 Å². The zero-order valence-corrected chi connectivity index (χ0v) is 14.6. The highest BCUT2D eigenvalue weighted by molar-refractivity contribution is 5.78. The zero-order chi connectivity index (χ0) is 15.5. The summed E-state index contributed by atoms with van der Waals surface area (Å²) in [4.78, 5) is 16.5. The fraction of sp³-hybridized carbons (Fsp3) is 0.944. The van der Waals surface area contributed by atoms with Crippen LogP contribution in [-0.4, -0.2) is 48.4 Å². The van der Waals surface area contributed by atoms with Gasteiger partial charge in [-0.3, -0.25) is 9.69 Å². The summed E-state index contributed by atoms with van der Waals surface area (Å²) in [5.74, 6) is 0.298. The van der Waals surface area contributed by atoms with Gasteiger partial charge in [0.25, 0.3) is 0 Å². The van der Waals surface area contributed by atoms with Crippen molar-refractivity contribution in [2.75, 3.05) is 26.7 Å². The van der Waals surface area contributed by atoms with Gasteiger partial charge in [0, 0.05) is 13.1 Å². The highest BCUT2D eigenvalue weighted by Crippen LogP contribution is 2.13. The SMILES string of the molecule is CCCCCCCCC[C@@H](C)N(C)C(=O)CN1CCCC1. The third-order valence-electron chi connectivity index (χ3n) is 4.84. The Morgan fingerprint density at radius 3 is 2.24 bits per heavy atom. The van der Waals surface area contributed by atoms with E-state index in [0.29, 0.717) is 18.5 Å². The minimum atomic E-state index is 0.298. The molecule has 124 valence electrons. The molecule has 0 spiro atoms. The van der Waals surface area contributed by atoms with Gasteiger partial charge in [0.15, 0.2) is 0 Å². The highest BCUT2D eigenvalue weighted by Gasteiger charge is 2.20. The molecule has 3 nitrogen and oxygen atoms in total. The van der Waals surface area contributed by atoms with Crippen LogP contribution in [0.15, 0.2) is 0 Å². The molecule has 21 heavy (non-hydrogen) atoms. The average molecular weight is 296 g/mol. The molecule has 1 atom stereocenters. The van der Waals surface area contributed by atoms with Crippen LogP contribution in [0.1, 0.15) is 78.1 Å². The topological polar surface area (TPSA) is 23.6 Å². The summed E-state index contributed by atoms with van der Waals surface area (Å²) in [6.45, 7) is 7.28. The van der Waals surface area contributed by atoms with Crippen LogP contribution in [0.4, 0.5) is 0 Å². The van der Waals surface area contributed by atoms with Crippen molar-refractivity contribution >= 4 is 5.91 Å². The molecule has 1 amide bonds. The van der Waals surface area contributed by atoms with E-state index in [1.807, 2.05) is 11.9 Å². The minimum absolute atomic E-state index is 0.298. The predicted molar refractivity (Wildman–Crippen MR) is 90.5 cm³/mol. The maximum absolute atomic E-state index is 12.2. The first-order chi connectivity index (χ1) is 10.1. The van der Waals surface area contributed by atoms with E-state index < -0.39 is 0 Å². The van der Waals surface area contributed by atoms with Gasteiger partial charge in [-0.05, 0) is 39.3 Å². The lowest BCUT2D eigenvalue weighted by molar-refractivity contribution is -0.132. The van der Waals surface area contributed by atoms with Crippen molar-refractivity contribution in [1.29, 1.82) is 0 Å². The standard InChI is InChI=1S/C18H36N2O/c1-4-5-6-7-8-9-10-13-17(2)19(3)18(21)16-20-14-11-12-15-20/h17H,4-16H2,1-3H3/t17-/m1/s1. The third-order valence-corrected chi connectivity index (χ3v) is 4.84. The van der Waals surface area contributed by atoms with Gasteiger partial charge in [-0.15, -0.1) is 0 Å². The van der Waals surface area contributed by atoms with Crippen molar-refractivity contribution in [1.82, 2.24) is 9.80 Å². The summed E-state index contributed by atoms with van der Waals surface area (Å²) in [5, 5.41) is 0. The Morgan fingerprint density at radius 1 is 1.05 bits per heavy atom. The maximum atomic E-state index is 12.2. The van der Waals surface area contributed by atoms with Gasteiger partial charge in [0.2, 0.25) is 5.91 Å². The molecule has 1 saturated heterocycles. The summed E-state index contributed by atoms with van der Waals surface area (Å²) < 4.78 is 0. The van der Waals surface area contributed by atoms with Gasteiger partial charge in [-0.1, -0.05) is 51.9 Å². The van der Waals surface area contributed by atoms with Crippen LogP contribution in [-0.2, 0) is 4.79 Å². The molecular weight excluding hydrogens is 260 g/mol. The molecule has 0 aromatic carbocycles. The van der Waals surface area contributed by atoms with Crippen molar-refractivity contribution in [2.24, 2.45) is 0 Å². The number of amides is 1. The lowest BCUT2D eigenvalue weighted by Gasteiger charge is -2.27. The first-order valence-corrected chi connectivity index (χ1v) is 9.13. The molecule has 1 fully saturated rings. The largest absolute Gasteiger partial charge is 0.342 e. The first kappa shape index (κ1) is 18.5. The molecule has 1 heterocycles. The number of hydrogen-bond acceptors (Lipinski definition) is 2.